The van der Waals surface area contributed by atoms with Gasteiger partial charge in [0.25, 0.3) is 0 Å². The fraction of sp³-hybridized carbons (Fsp3) is 0.800. The first-order valence-corrected chi connectivity index (χ1v) is 4.57. The van der Waals surface area contributed by atoms with Gasteiger partial charge in [-0.1, -0.05) is 20.8 Å². The molecule has 3 heteroatoms. The maximum atomic E-state index is 11.1. The van der Waals surface area contributed by atoms with E-state index in [-0.39, 0.29) is 23.7 Å². The summed E-state index contributed by atoms with van der Waals surface area (Å²) < 4.78 is 0. The number of nitrogens with one attached hydrogen (secondary N) is 1. The van der Waals surface area contributed by atoms with Crippen molar-refractivity contribution in [2.75, 3.05) is 6.54 Å². The Bertz CT molecular complexity index is 192. The Kier molecular flexibility index (Phi) is 4.67. The lowest BCUT2D eigenvalue weighted by Gasteiger charge is -2.16. The Morgan fingerprint density at radius 1 is 1.23 bits per heavy atom. The van der Waals surface area contributed by atoms with Gasteiger partial charge >= 0.3 is 0 Å². The zero-order chi connectivity index (χ0) is 10.5. The first-order chi connectivity index (χ1) is 5.81. The van der Waals surface area contributed by atoms with Gasteiger partial charge in [-0.2, -0.15) is 0 Å². The van der Waals surface area contributed by atoms with E-state index in [0.717, 1.165) is 6.42 Å². The highest BCUT2D eigenvalue weighted by atomic mass is 16.2. The highest BCUT2D eigenvalue weighted by Crippen LogP contribution is 2.19. The SMILES string of the molecule is CC(=O)CNC(=O)CCC(C)(C)C. The first-order valence-electron chi connectivity index (χ1n) is 4.57. The summed E-state index contributed by atoms with van der Waals surface area (Å²) in [5.41, 5.74) is 0.174. The smallest absolute Gasteiger partial charge is 0.220 e. The van der Waals surface area contributed by atoms with E-state index < -0.39 is 0 Å². The van der Waals surface area contributed by atoms with Crippen LogP contribution in [0.5, 0.6) is 0 Å². The van der Waals surface area contributed by atoms with Crippen molar-refractivity contribution >= 4 is 11.7 Å². The lowest BCUT2D eigenvalue weighted by molar-refractivity contribution is -0.124. The minimum Gasteiger partial charge on any atom is -0.349 e. The number of Topliss-reactive ketones (excluding diaryl/α,β-unsaturated/α-hetero) is 1. The van der Waals surface area contributed by atoms with Crippen molar-refractivity contribution in [3.05, 3.63) is 0 Å². The van der Waals surface area contributed by atoms with E-state index in [9.17, 15) is 9.59 Å². The number of rotatable bonds is 4. The predicted molar refractivity (Wildman–Crippen MR) is 52.4 cm³/mol. The van der Waals surface area contributed by atoms with Crippen LogP contribution in [0, 0.1) is 5.41 Å². The summed E-state index contributed by atoms with van der Waals surface area (Å²) in [5, 5.41) is 2.57. The van der Waals surface area contributed by atoms with Crippen LogP contribution in [0.4, 0.5) is 0 Å². The summed E-state index contributed by atoms with van der Waals surface area (Å²) in [7, 11) is 0. The molecule has 0 heterocycles. The van der Waals surface area contributed by atoms with Crippen LogP contribution in [0.25, 0.3) is 0 Å². The Labute approximate surface area is 79.9 Å². The summed E-state index contributed by atoms with van der Waals surface area (Å²) >= 11 is 0. The van der Waals surface area contributed by atoms with Gasteiger partial charge < -0.3 is 5.32 Å². The van der Waals surface area contributed by atoms with Crippen molar-refractivity contribution in [1.82, 2.24) is 5.32 Å². The number of amides is 1. The average Bonchev–Trinajstić information content (AvgIpc) is 1.95. The Balaban J connectivity index is 3.58. The number of hydrogen-bond acceptors (Lipinski definition) is 2. The zero-order valence-corrected chi connectivity index (χ0v) is 8.94. The van der Waals surface area contributed by atoms with Crippen molar-refractivity contribution in [1.29, 1.82) is 0 Å². The van der Waals surface area contributed by atoms with Crippen molar-refractivity contribution in [2.24, 2.45) is 5.41 Å². The molecule has 0 aliphatic heterocycles. The van der Waals surface area contributed by atoms with Crippen LogP contribution in [0.1, 0.15) is 40.5 Å². The van der Waals surface area contributed by atoms with Gasteiger partial charge in [-0.25, -0.2) is 0 Å². The predicted octanol–water partition coefficient (Wildman–Crippen LogP) is 1.52. The molecule has 0 spiro atoms. The lowest BCUT2D eigenvalue weighted by atomic mass is 9.90. The molecule has 3 nitrogen and oxygen atoms in total. The summed E-state index contributed by atoms with van der Waals surface area (Å²) in [6.07, 6.45) is 1.34. The molecule has 0 aromatic carbocycles. The summed E-state index contributed by atoms with van der Waals surface area (Å²) in [4.78, 5) is 21.7. The first kappa shape index (κ1) is 12.1. The minimum absolute atomic E-state index is 0.0101. The van der Waals surface area contributed by atoms with Crippen molar-refractivity contribution in [3.8, 4) is 0 Å². The van der Waals surface area contributed by atoms with E-state index in [1.54, 1.807) is 0 Å². The van der Waals surface area contributed by atoms with E-state index in [2.05, 4.69) is 26.1 Å². The van der Waals surface area contributed by atoms with Gasteiger partial charge in [0.15, 0.2) is 0 Å². The second kappa shape index (κ2) is 5.00. The maximum absolute atomic E-state index is 11.1. The molecule has 13 heavy (non-hydrogen) atoms. The molecule has 0 saturated heterocycles. The minimum atomic E-state index is -0.0369. The van der Waals surface area contributed by atoms with Gasteiger partial charge in [0.05, 0.1) is 6.54 Å². The molecule has 0 radical (unpaired) electrons. The van der Waals surface area contributed by atoms with Gasteiger partial charge in [0.1, 0.15) is 5.78 Å². The molecule has 0 saturated carbocycles. The Morgan fingerprint density at radius 2 is 1.77 bits per heavy atom. The Morgan fingerprint density at radius 3 is 2.15 bits per heavy atom. The van der Waals surface area contributed by atoms with Crippen LogP contribution in [0.2, 0.25) is 0 Å². The quantitative estimate of drug-likeness (QED) is 0.721. The number of carbonyl (C=O) groups excluding carboxylic acids is 2. The van der Waals surface area contributed by atoms with E-state index in [4.69, 9.17) is 0 Å². The van der Waals surface area contributed by atoms with Crippen LogP contribution in [0.15, 0.2) is 0 Å². The fourth-order valence-electron chi connectivity index (χ4n) is 0.800. The zero-order valence-electron chi connectivity index (χ0n) is 8.94. The molecule has 76 valence electrons. The lowest BCUT2D eigenvalue weighted by Crippen LogP contribution is -2.28. The second-order valence-corrected chi connectivity index (χ2v) is 4.54. The highest BCUT2D eigenvalue weighted by molar-refractivity contribution is 5.84. The fourth-order valence-corrected chi connectivity index (χ4v) is 0.800. The third kappa shape index (κ3) is 9.05. The molecule has 0 aliphatic rings. The second-order valence-electron chi connectivity index (χ2n) is 4.54. The molecule has 0 fully saturated rings. The van der Waals surface area contributed by atoms with Crippen LogP contribution in [0.3, 0.4) is 0 Å². The average molecular weight is 185 g/mol. The monoisotopic (exact) mass is 185 g/mol. The van der Waals surface area contributed by atoms with E-state index >= 15 is 0 Å². The molecule has 1 N–H and O–H groups in total. The standard InChI is InChI=1S/C10H19NO2/c1-8(12)7-11-9(13)5-6-10(2,3)4/h5-7H2,1-4H3,(H,11,13). The topological polar surface area (TPSA) is 46.2 Å². The number of ketones is 1. The molecule has 0 aromatic heterocycles. The van der Waals surface area contributed by atoms with Crippen molar-refractivity contribution in [3.63, 3.8) is 0 Å². The van der Waals surface area contributed by atoms with Gasteiger partial charge in [0.2, 0.25) is 5.91 Å². The third-order valence-corrected chi connectivity index (χ3v) is 1.64. The van der Waals surface area contributed by atoms with E-state index in [1.165, 1.54) is 6.92 Å². The largest absolute Gasteiger partial charge is 0.349 e. The molecule has 1 amide bonds. The third-order valence-electron chi connectivity index (χ3n) is 1.64. The van der Waals surface area contributed by atoms with Gasteiger partial charge in [-0.05, 0) is 18.8 Å². The number of hydrogen-bond donors (Lipinski definition) is 1. The summed E-state index contributed by atoms with van der Waals surface area (Å²) in [6, 6.07) is 0. The van der Waals surface area contributed by atoms with Crippen LogP contribution < -0.4 is 5.32 Å². The molecule has 0 unspecified atom stereocenters. The molecule has 0 atom stereocenters. The molecule has 0 aromatic rings. The van der Waals surface area contributed by atoms with Crippen LogP contribution >= 0.6 is 0 Å². The molecular weight excluding hydrogens is 166 g/mol. The van der Waals surface area contributed by atoms with Crippen molar-refractivity contribution in [2.45, 2.75) is 40.5 Å². The van der Waals surface area contributed by atoms with E-state index in [1.807, 2.05) is 0 Å². The molecular formula is C10H19NO2. The molecule has 0 bridgehead atoms. The maximum Gasteiger partial charge on any atom is 0.220 e. The molecule has 0 aliphatic carbocycles. The normalized spacial score (nSPS) is 11.1. The Hall–Kier alpha value is -0.860. The van der Waals surface area contributed by atoms with Gasteiger partial charge in [0, 0.05) is 6.42 Å². The number of carbonyl (C=O) groups is 2. The molecule has 0 rings (SSSR count). The van der Waals surface area contributed by atoms with Crippen LogP contribution in [-0.4, -0.2) is 18.2 Å². The van der Waals surface area contributed by atoms with Gasteiger partial charge in [-0.15, -0.1) is 0 Å². The summed E-state index contributed by atoms with van der Waals surface area (Å²) in [6.45, 7) is 7.88. The van der Waals surface area contributed by atoms with E-state index in [0.29, 0.717) is 6.42 Å². The van der Waals surface area contributed by atoms with Crippen molar-refractivity contribution < 1.29 is 9.59 Å². The van der Waals surface area contributed by atoms with Gasteiger partial charge in [-0.3, -0.25) is 9.59 Å². The van der Waals surface area contributed by atoms with Crippen LogP contribution in [-0.2, 0) is 9.59 Å². The highest BCUT2D eigenvalue weighted by Gasteiger charge is 2.12. The summed E-state index contributed by atoms with van der Waals surface area (Å²) in [5.74, 6) is -0.0470.